The Morgan fingerprint density at radius 3 is 2.39 bits per heavy atom. The van der Waals surface area contributed by atoms with Crippen LogP contribution in [0.25, 0.3) is 10.9 Å². The third-order valence-electron chi connectivity index (χ3n) is 5.53. The van der Waals surface area contributed by atoms with Gasteiger partial charge in [-0.05, 0) is 73.7 Å². The van der Waals surface area contributed by atoms with E-state index in [0.29, 0.717) is 18.6 Å². The van der Waals surface area contributed by atoms with E-state index in [1.165, 1.54) is 11.1 Å². The van der Waals surface area contributed by atoms with Crippen molar-refractivity contribution in [3.8, 4) is 11.5 Å². The molecule has 0 saturated heterocycles. The number of carboxylic acids is 1. The van der Waals surface area contributed by atoms with Gasteiger partial charge < -0.3 is 9.84 Å². The lowest BCUT2D eigenvalue weighted by Crippen LogP contribution is -2.26. The number of carbonyl (C=O) groups is 2. The highest BCUT2D eigenvalue weighted by molar-refractivity contribution is 6.06. The van der Waals surface area contributed by atoms with Crippen LogP contribution in [0.2, 0.25) is 0 Å². The van der Waals surface area contributed by atoms with E-state index in [-0.39, 0.29) is 12.2 Å². The molecule has 0 spiro atoms. The van der Waals surface area contributed by atoms with E-state index in [9.17, 15) is 14.7 Å². The van der Waals surface area contributed by atoms with Gasteiger partial charge in [-0.25, -0.2) is 0 Å². The van der Waals surface area contributed by atoms with Crippen LogP contribution in [0.4, 0.5) is 0 Å². The number of nitrogens with zero attached hydrogens (tertiary/aromatic N) is 1. The van der Waals surface area contributed by atoms with Crippen LogP contribution in [0, 0.1) is 19.3 Å². The van der Waals surface area contributed by atoms with Crippen LogP contribution in [-0.4, -0.2) is 21.8 Å². The van der Waals surface area contributed by atoms with Gasteiger partial charge in [0.1, 0.15) is 16.9 Å². The highest BCUT2D eigenvalue weighted by Crippen LogP contribution is 2.47. The Morgan fingerprint density at radius 1 is 1.07 bits per heavy atom. The molecule has 0 atom stereocenters. The fourth-order valence-electron chi connectivity index (χ4n) is 3.36. The number of hydrogen-bond donors (Lipinski definition) is 1. The number of aromatic nitrogens is 1. The highest BCUT2D eigenvalue weighted by atomic mass is 16.5. The molecule has 5 heteroatoms. The second-order valence-corrected chi connectivity index (χ2v) is 7.50. The Kier molecular flexibility index (Phi) is 4.38. The maximum absolute atomic E-state index is 12.3. The number of Topliss-reactive ketones (excluding diaryl/α,β-unsaturated/α-hetero) is 1. The minimum Gasteiger partial charge on any atom is -0.480 e. The minimum absolute atomic E-state index is 0.128. The van der Waals surface area contributed by atoms with Crippen molar-refractivity contribution in [2.24, 2.45) is 5.41 Å². The van der Waals surface area contributed by atoms with Crippen molar-refractivity contribution in [2.45, 2.75) is 33.1 Å². The standard InChI is InChI=1S/C23H21NO4/c1-14-11-18-19(12-15(14)2)24-10-7-20(18)28-17-5-3-16(4-6-17)13-21(25)23(8-9-23)22(26)27/h3-7,10-12H,8-9,13H2,1-2H3,(H,26,27). The molecule has 1 fully saturated rings. The third kappa shape index (κ3) is 3.24. The summed E-state index contributed by atoms with van der Waals surface area (Å²) in [5, 5.41) is 10.2. The zero-order valence-corrected chi connectivity index (χ0v) is 15.9. The molecule has 1 N–H and O–H groups in total. The van der Waals surface area contributed by atoms with Crippen LogP contribution in [0.1, 0.15) is 29.5 Å². The molecule has 28 heavy (non-hydrogen) atoms. The van der Waals surface area contributed by atoms with Gasteiger partial charge >= 0.3 is 5.97 Å². The number of benzene rings is 2. The predicted molar refractivity (Wildman–Crippen MR) is 106 cm³/mol. The summed E-state index contributed by atoms with van der Waals surface area (Å²) in [6, 6.07) is 13.2. The number of fused-ring (bicyclic) bond motifs is 1. The number of carbonyl (C=O) groups excluding carboxylic acids is 1. The molecule has 142 valence electrons. The van der Waals surface area contributed by atoms with Gasteiger partial charge in [0.15, 0.2) is 5.78 Å². The summed E-state index contributed by atoms with van der Waals surface area (Å²) < 4.78 is 6.05. The first kappa shape index (κ1) is 18.2. The molecular weight excluding hydrogens is 354 g/mol. The Hall–Kier alpha value is -3.21. The largest absolute Gasteiger partial charge is 0.480 e. The van der Waals surface area contributed by atoms with E-state index < -0.39 is 11.4 Å². The van der Waals surface area contributed by atoms with Crippen molar-refractivity contribution < 1.29 is 19.4 Å². The van der Waals surface area contributed by atoms with Crippen LogP contribution >= 0.6 is 0 Å². The summed E-state index contributed by atoms with van der Waals surface area (Å²) in [4.78, 5) is 28.0. The first-order valence-electron chi connectivity index (χ1n) is 9.28. The molecule has 0 bridgehead atoms. The monoisotopic (exact) mass is 375 g/mol. The molecule has 1 aliphatic carbocycles. The summed E-state index contributed by atoms with van der Waals surface area (Å²) >= 11 is 0. The summed E-state index contributed by atoms with van der Waals surface area (Å²) in [6.07, 6.45) is 2.73. The normalized spacial score (nSPS) is 14.6. The van der Waals surface area contributed by atoms with E-state index in [4.69, 9.17) is 4.74 Å². The van der Waals surface area contributed by atoms with E-state index in [1.54, 1.807) is 18.3 Å². The van der Waals surface area contributed by atoms with Gasteiger partial charge in [0.05, 0.1) is 5.52 Å². The molecule has 5 nitrogen and oxygen atoms in total. The lowest BCUT2D eigenvalue weighted by Gasteiger charge is -2.11. The van der Waals surface area contributed by atoms with Crippen molar-refractivity contribution in [1.82, 2.24) is 4.98 Å². The highest BCUT2D eigenvalue weighted by Gasteiger charge is 2.56. The lowest BCUT2D eigenvalue weighted by atomic mass is 9.95. The number of pyridine rings is 1. The minimum atomic E-state index is -1.15. The number of aliphatic carboxylic acids is 1. The molecule has 0 unspecified atom stereocenters. The van der Waals surface area contributed by atoms with Crippen molar-refractivity contribution >= 4 is 22.7 Å². The van der Waals surface area contributed by atoms with Gasteiger partial charge in [0.25, 0.3) is 0 Å². The Labute approximate surface area is 163 Å². The zero-order valence-electron chi connectivity index (χ0n) is 15.9. The molecule has 1 heterocycles. The molecule has 0 radical (unpaired) electrons. The number of ether oxygens (including phenoxy) is 1. The topological polar surface area (TPSA) is 76.5 Å². The molecule has 0 aliphatic heterocycles. The molecule has 1 saturated carbocycles. The Balaban J connectivity index is 1.53. The number of rotatable bonds is 6. The van der Waals surface area contributed by atoms with Crippen LogP contribution in [0.5, 0.6) is 11.5 Å². The maximum atomic E-state index is 12.3. The SMILES string of the molecule is Cc1cc2nccc(Oc3ccc(CC(=O)C4(C(=O)O)CC4)cc3)c2cc1C. The van der Waals surface area contributed by atoms with Gasteiger partial charge in [-0.1, -0.05) is 12.1 Å². The fourth-order valence-corrected chi connectivity index (χ4v) is 3.36. The first-order valence-corrected chi connectivity index (χ1v) is 9.28. The predicted octanol–water partition coefficient (Wildman–Crippen LogP) is 4.62. The fraction of sp³-hybridized carbons (Fsp3) is 0.261. The molecule has 4 rings (SSSR count). The average molecular weight is 375 g/mol. The zero-order chi connectivity index (χ0) is 19.9. The van der Waals surface area contributed by atoms with Crippen LogP contribution in [0.15, 0.2) is 48.7 Å². The smallest absolute Gasteiger partial charge is 0.317 e. The number of carboxylic acid groups (broad SMARTS) is 1. The molecule has 3 aromatic rings. The quantitative estimate of drug-likeness (QED) is 0.636. The van der Waals surface area contributed by atoms with Crippen molar-refractivity contribution in [3.63, 3.8) is 0 Å². The van der Waals surface area contributed by atoms with Crippen LogP contribution in [-0.2, 0) is 16.0 Å². The van der Waals surface area contributed by atoms with Crippen LogP contribution in [0.3, 0.4) is 0 Å². The van der Waals surface area contributed by atoms with Gasteiger partial charge in [-0.2, -0.15) is 0 Å². The van der Waals surface area contributed by atoms with Gasteiger partial charge in [0, 0.05) is 18.0 Å². The molecule has 1 aliphatic rings. The number of ketones is 1. The van der Waals surface area contributed by atoms with E-state index >= 15 is 0 Å². The second-order valence-electron chi connectivity index (χ2n) is 7.50. The Bertz CT molecular complexity index is 1080. The van der Waals surface area contributed by atoms with Crippen molar-refractivity contribution in [2.75, 3.05) is 0 Å². The van der Waals surface area contributed by atoms with Gasteiger partial charge in [-0.15, -0.1) is 0 Å². The lowest BCUT2D eigenvalue weighted by molar-refractivity contribution is -0.148. The number of hydrogen-bond acceptors (Lipinski definition) is 4. The summed E-state index contributed by atoms with van der Waals surface area (Å²) in [5.41, 5.74) is 2.87. The van der Waals surface area contributed by atoms with Crippen molar-refractivity contribution in [3.05, 3.63) is 65.4 Å². The molecule has 1 aromatic heterocycles. The number of aryl methyl sites for hydroxylation is 2. The van der Waals surface area contributed by atoms with Gasteiger partial charge in [-0.3, -0.25) is 14.6 Å². The van der Waals surface area contributed by atoms with Crippen LogP contribution < -0.4 is 4.74 Å². The van der Waals surface area contributed by atoms with E-state index in [1.807, 2.05) is 24.3 Å². The molecular formula is C23H21NO4. The van der Waals surface area contributed by atoms with E-state index in [2.05, 4.69) is 24.9 Å². The summed E-state index contributed by atoms with van der Waals surface area (Å²) in [7, 11) is 0. The third-order valence-corrected chi connectivity index (χ3v) is 5.53. The average Bonchev–Trinajstić information content (AvgIpc) is 3.47. The summed E-state index contributed by atoms with van der Waals surface area (Å²) in [5.74, 6) is 0.147. The van der Waals surface area contributed by atoms with Gasteiger partial charge in [0.2, 0.25) is 0 Å². The summed E-state index contributed by atoms with van der Waals surface area (Å²) in [6.45, 7) is 4.11. The Morgan fingerprint density at radius 2 is 1.75 bits per heavy atom. The van der Waals surface area contributed by atoms with E-state index in [0.717, 1.165) is 22.2 Å². The van der Waals surface area contributed by atoms with Crippen molar-refractivity contribution in [1.29, 1.82) is 0 Å². The maximum Gasteiger partial charge on any atom is 0.317 e. The molecule has 0 amide bonds. The molecule has 2 aromatic carbocycles. The second kappa shape index (κ2) is 6.75. The first-order chi connectivity index (χ1) is 13.4.